The molecule has 0 rings (SSSR count). The van der Waals surface area contributed by atoms with E-state index in [1.54, 1.807) is 10.9 Å². The van der Waals surface area contributed by atoms with E-state index in [1.165, 1.54) is 12.8 Å². The van der Waals surface area contributed by atoms with Crippen LogP contribution in [0.15, 0.2) is 0 Å². The minimum absolute atomic E-state index is 0.183. The molecule has 0 saturated heterocycles. The predicted molar refractivity (Wildman–Crippen MR) is 77.3 cm³/mol. The molecule has 0 fully saturated rings. The van der Waals surface area contributed by atoms with Crippen molar-refractivity contribution in [2.45, 2.75) is 57.6 Å². The molecule has 86 valence electrons. The highest BCUT2D eigenvalue weighted by molar-refractivity contribution is 8.92. The van der Waals surface area contributed by atoms with E-state index in [-0.39, 0.29) is 4.75 Å². The Morgan fingerprint density at radius 2 is 1.71 bits per heavy atom. The highest BCUT2D eigenvalue weighted by Crippen LogP contribution is 2.56. The van der Waals surface area contributed by atoms with E-state index in [0.29, 0.717) is 0 Å². The van der Waals surface area contributed by atoms with Gasteiger partial charge in [-0.05, 0) is 6.42 Å². The second-order valence-corrected chi connectivity index (χ2v) is 13.9. The summed E-state index contributed by atoms with van der Waals surface area (Å²) >= 11 is 8.34. The standard InChI is InChI=1S/C9H22OPS3/c1-4-7-8-9(5-2,6-3)14-11(10,12)13/h10,12-13H,4-8H2,1-3H3/q+1. The molecule has 14 heavy (non-hydrogen) atoms. The maximum atomic E-state index is 9.72. The van der Waals surface area contributed by atoms with Gasteiger partial charge < -0.3 is 4.89 Å². The van der Waals surface area contributed by atoms with Gasteiger partial charge in [0, 0.05) is 19.3 Å². The monoisotopic (exact) mass is 273 g/mol. The Labute approximate surface area is 102 Å². The van der Waals surface area contributed by atoms with E-state index in [4.69, 9.17) is 0 Å². The molecule has 0 amide bonds. The van der Waals surface area contributed by atoms with Gasteiger partial charge in [-0.15, -0.1) is 0 Å². The van der Waals surface area contributed by atoms with Gasteiger partial charge in [0.2, 0.25) is 10.9 Å². The van der Waals surface area contributed by atoms with E-state index in [0.717, 1.165) is 19.3 Å². The van der Waals surface area contributed by atoms with Crippen LogP contribution in [0.25, 0.3) is 0 Å². The SMILES string of the molecule is CCCCC(CC)(CC)[S+]=P(O)(S)S. The lowest BCUT2D eigenvalue weighted by atomic mass is 9.95. The van der Waals surface area contributed by atoms with Crippen LogP contribution in [0.4, 0.5) is 0 Å². The molecule has 0 radical (unpaired) electrons. The third-order valence-electron chi connectivity index (χ3n) is 2.59. The maximum absolute atomic E-state index is 9.72. The molecule has 1 nitrogen and oxygen atoms in total. The molecule has 0 atom stereocenters. The van der Waals surface area contributed by atoms with Gasteiger partial charge in [0.05, 0.1) is 0 Å². The summed E-state index contributed by atoms with van der Waals surface area (Å²) in [6.45, 7) is 6.57. The molecule has 5 heteroatoms. The molecule has 0 heterocycles. The van der Waals surface area contributed by atoms with Crippen LogP contribution >= 0.6 is 29.2 Å². The smallest absolute Gasteiger partial charge is 0.317 e. The van der Waals surface area contributed by atoms with Gasteiger partial charge in [-0.1, -0.05) is 51.7 Å². The number of hydrogen-bond acceptors (Lipinski definition) is 0. The van der Waals surface area contributed by atoms with Crippen LogP contribution in [0, 0.1) is 0 Å². The average molecular weight is 273 g/mol. The lowest BCUT2D eigenvalue weighted by Crippen LogP contribution is -2.25. The Morgan fingerprint density at radius 3 is 2.00 bits per heavy atom. The zero-order valence-electron chi connectivity index (χ0n) is 9.23. The van der Waals surface area contributed by atoms with Crippen LogP contribution in [0.1, 0.15) is 52.9 Å². The Hall–Kier alpha value is 1.31. The molecule has 0 bridgehead atoms. The van der Waals surface area contributed by atoms with Crippen LogP contribution in [-0.2, 0) is 10.9 Å². The second kappa shape index (κ2) is 6.80. The molecule has 1 N–H and O–H groups in total. The van der Waals surface area contributed by atoms with Gasteiger partial charge in [-0.3, -0.25) is 0 Å². The molecular formula is C9H22OPS3+. The van der Waals surface area contributed by atoms with Gasteiger partial charge in [0.25, 0.3) is 0 Å². The summed E-state index contributed by atoms with van der Waals surface area (Å²) in [6.07, 6.45) is 5.74. The van der Waals surface area contributed by atoms with E-state index >= 15 is 0 Å². The third-order valence-corrected chi connectivity index (χ3v) is 7.37. The Bertz CT molecular complexity index is 200. The predicted octanol–water partition coefficient (Wildman–Crippen LogP) is 4.35. The summed E-state index contributed by atoms with van der Waals surface area (Å²) in [6, 6.07) is 0. The number of thiol groups is 2. The zero-order valence-corrected chi connectivity index (χ0v) is 12.7. The van der Waals surface area contributed by atoms with Crippen LogP contribution in [0.5, 0.6) is 0 Å². The molecular weight excluding hydrogens is 251 g/mol. The Balaban J connectivity index is 4.70. The van der Waals surface area contributed by atoms with Crippen molar-refractivity contribution in [2.24, 2.45) is 0 Å². The molecule has 0 aromatic heterocycles. The lowest BCUT2D eigenvalue weighted by Gasteiger charge is -2.17. The van der Waals surface area contributed by atoms with E-state index in [2.05, 4.69) is 45.3 Å². The molecule has 0 aliphatic carbocycles. The summed E-state index contributed by atoms with van der Waals surface area (Å²) in [5, 5.41) is 0. The van der Waals surface area contributed by atoms with E-state index in [9.17, 15) is 4.89 Å². The van der Waals surface area contributed by atoms with Crippen molar-refractivity contribution in [2.75, 3.05) is 0 Å². The molecule has 0 saturated carbocycles. The lowest BCUT2D eigenvalue weighted by molar-refractivity contribution is 0.488. The fraction of sp³-hybridized carbons (Fsp3) is 1.00. The largest absolute Gasteiger partial charge is 0.348 e. The van der Waals surface area contributed by atoms with Gasteiger partial charge >= 0.3 is 4.67 Å². The van der Waals surface area contributed by atoms with Gasteiger partial charge in [0.1, 0.15) is 0 Å². The molecule has 0 aromatic carbocycles. The number of hydrogen-bond donors (Lipinski definition) is 3. The Kier molecular flexibility index (Phi) is 7.43. The number of unbranched alkanes of at least 4 members (excludes halogenated alkanes) is 1. The van der Waals surface area contributed by atoms with E-state index in [1.807, 2.05) is 0 Å². The van der Waals surface area contributed by atoms with Crippen molar-refractivity contribution < 1.29 is 4.89 Å². The van der Waals surface area contributed by atoms with Crippen molar-refractivity contribution in [1.82, 2.24) is 0 Å². The number of rotatable bonds is 6. The highest BCUT2D eigenvalue weighted by Gasteiger charge is 2.39. The average Bonchev–Trinajstić information content (AvgIpc) is 2.10. The first kappa shape index (κ1) is 15.3. The summed E-state index contributed by atoms with van der Waals surface area (Å²) in [7, 11) is 1.58. The normalized spacial score (nSPS) is 13.0. The molecule has 0 unspecified atom stereocenters. The van der Waals surface area contributed by atoms with Crippen molar-refractivity contribution >= 4 is 40.1 Å². The maximum Gasteiger partial charge on any atom is 0.348 e. The van der Waals surface area contributed by atoms with Gasteiger partial charge in [-0.25, -0.2) is 0 Å². The van der Waals surface area contributed by atoms with Crippen LogP contribution in [-0.4, -0.2) is 9.64 Å². The molecule has 0 aromatic rings. The first-order valence-electron chi connectivity index (χ1n) is 5.17. The molecule has 0 aliphatic rings. The summed E-state index contributed by atoms with van der Waals surface area (Å²) < 4.78 is -2.12. The fourth-order valence-electron chi connectivity index (χ4n) is 1.54. The van der Waals surface area contributed by atoms with Crippen molar-refractivity contribution in [3.8, 4) is 0 Å². The van der Waals surface area contributed by atoms with Crippen LogP contribution in [0.3, 0.4) is 0 Å². The van der Waals surface area contributed by atoms with Gasteiger partial charge in [-0.2, -0.15) is 0 Å². The first-order chi connectivity index (χ1) is 6.39. The second-order valence-electron chi connectivity index (χ2n) is 3.60. The Morgan fingerprint density at radius 1 is 1.21 bits per heavy atom. The minimum atomic E-state index is -2.30. The van der Waals surface area contributed by atoms with Crippen LogP contribution < -0.4 is 0 Å². The highest BCUT2D eigenvalue weighted by atomic mass is 33.2. The molecule has 0 aliphatic heterocycles. The zero-order chi connectivity index (χ0) is 11.2. The van der Waals surface area contributed by atoms with Crippen molar-refractivity contribution in [3.05, 3.63) is 0 Å². The summed E-state index contributed by atoms with van der Waals surface area (Å²) in [4.78, 5) is 9.72. The first-order valence-corrected chi connectivity index (χ1v) is 10.6. The van der Waals surface area contributed by atoms with Crippen molar-refractivity contribution in [3.63, 3.8) is 0 Å². The van der Waals surface area contributed by atoms with Crippen molar-refractivity contribution in [1.29, 1.82) is 0 Å². The topological polar surface area (TPSA) is 20.2 Å². The fourth-order valence-corrected chi connectivity index (χ4v) is 8.28. The van der Waals surface area contributed by atoms with Gasteiger partial charge in [0.15, 0.2) is 4.75 Å². The summed E-state index contributed by atoms with van der Waals surface area (Å²) in [5.41, 5.74) is 0. The third kappa shape index (κ3) is 6.02. The minimum Gasteiger partial charge on any atom is -0.317 e. The molecule has 0 spiro atoms. The quantitative estimate of drug-likeness (QED) is 0.373. The van der Waals surface area contributed by atoms with Crippen LogP contribution in [0.2, 0.25) is 0 Å². The van der Waals surface area contributed by atoms with E-state index < -0.39 is 4.67 Å². The summed E-state index contributed by atoms with van der Waals surface area (Å²) in [5.74, 6) is 0.